The summed E-state index contributed by atoms with van der Waals surface area (Å²) >= 11 is 0. The summed E-state index contributed by atoms with van der Waals surface area (Å²) in [6.07, 6.45) is -2.87. The molecule has 15 aliphatic rings. The van der Waals surface area contributed by atoms with Gasteiger partial charge in [-0.3, -0.25) is 4.79 Å². The topological polar surface area (TPSA) is 367 Å². The van der Waals surface area contributed by atoms with Gasteiger partial charge in [-0.1, -0.05) is 12.2 Å². The molecule has 1 saturated heterocycles. The number of epoxide rings is 1. The fourth-order valence-corrected chi connectivity index (χ4v) is 15.6. The van der Waals surface area contributed by atoms with Crippen LogP contribution in [0, 0.1) is 17.3 Å². The van der Waals surface area contributed by atoms with E-state index in [0.29, 0.717) is 0 Å². The second-order valence-electron chi connectivity index (χ2n) is 20.0. The molecule has 14 unspecified atom stereocenters. The number of aliphatic carboxylic acids is 2. The van der Waals surface area contributed by atoms with E-state index >= 15 is 0 Å². The number of hydrogen-bond donors (Lipinski definition) is 15. The first-order chi connectivity index (χ1) is 30.8. The normalized spacial score (nSPS) is 49.1. The number of aliphatic hydroxyl groups excluding tert-OH is 7. The number of fused-ring (bicyclic) bond motifs is 3. The summed E-state index contributed by atoms with van der Waals surface area (Å²) in [7, 11) is 0. The molecule has 19 nitrogen and oxygen atoms in total. The lowest BCUT2D eigenvalue weighted by Gasteiger charge is -2.70. The SMILES string of the molecule is CC12C=C3C(O)=C4C=C5CC(C(=O)O)=C(O)C6=C5C5(O)C7=C8C(=CC9=C(C(=O)O)C%10=C%11C%12=C(C1=C(C(O)=CC2O)C%11(O)C(=O)C(O)C%10O)C3(O)C(=C8C9%12)C45O)C1(O)OC12C=CC(O)C6C72O. The van der Waals surface area contributed by atoms with Crippen LogP contribution in [0.3, 0.4) is 0 Å². The van der Waals surface area contributed by atoms with Crippen LogP contribution in [0.1, 0.15) is 13.3 Å². The number of aliphatic hydroxyl groups is 13. The molecule has 1 aliphatic heterocycles. The fourth-order valence-electron chi connectivity index (χ4n) is 15.6. The van der Waals surface area contributed by atoms with Gasteiger partial charge in [-0.05, 0) is 64.7 Å². The maximum absolute atomic E-state index is 14.6. The monoisotopic (exact) mass is 900 g/mol. The molecule has 334 valence electrons. The number of ether oxygens (including phenoxy) is 1. The molecule has 15 rings (SSSR count). The third-order valence-electron chi connectivity index (χ3n) is 17.9. The fraction of sp³-hybridized carbons (Fsp3) is 0.340. The number of ketones is 1. The minimum Gasteiger partial charge on any atom is -0.508 e. The summed E-state index contributed by atoms with van der Waals surface area (Å²) in [6.45, 7) is 1.37. The predicted molar refractivity (Wildman–Crippen MR) is 210 cm³/mol. The van der Waals surface area contributed by atoms with Crippen molar-refractivity contribution < 1.29 is 95.7 Å². The zero-order valence-electron chi connectivity index (χ0n) is 33.5. The number of carbonyl (C=O) groups excluding carboxylic acids is 1. The van der Waals surface area contributed by atoms with Crippen molar-refractivity contribution in [1.29, 1.82) is 0 Å². The van der Waals surface area contributed by atoms with Crippen molar-refractivity contribution in [3.63, 3.8) is 0 Å². The molecule has 0 aromatic heterocycles. The van der Waals surface area contributed by atoms with Crippen molar-refractivity contribution in [1.82, 2.24) is 0 Å². The van der Waals surface area contributed by atoms with Gasteiger partial charge in [-0.15, -0.1) is 0 Å². The van der Waals surface area contributed by atoms with Gasteiger partial charge in [0.2, 0.25) is 11.6 Å². The van der Waals surface area contributed by atoms with Crippen molar-refractivity contribution in [3.05, 3.63) is 160 Å². The van der Waals surface area contributed by atoms with E-state index in [2.05, 4.69) is 0 Å². The van der Waals surface area contributed by atoms with E-state index in [0.717, 1.165) is 36.5 Å². The smallest absolute Gasteiger partial charge is 0.336 e. The van der Waals surface area contributed by atoms with Gasteiger partial charge in [-0.2, -0.15) is 0 Å². The van der Waals surface area contributed by atoms with Crippen molar-refractivity contribution in [2.75, 3.05) is 0 Å². The lowest BCUT2D eigenvalue weighted by atomic mass is 9.35. The molecule has 1 fully saturated rings. The van der Waals surface area contributed by atoms with Crippen molar-refractivity contribution in [2.24, 2.45) is 17.3 Å². The van der Waals surface area contributed by atoms with E-state index in [-0.39, 0.29) is 33.4 Å². The number of rotatable bonds is 2. The van der Waals surface area contributed by atoms with Crippen LogP contribution >= 0.6 is 0 Å². The molecule has 1 spiro atoms. The Morgan fingerprint density at radius 1 is 0.742 bits per heavy atom. The Morgan fingerprint density at radius 3 is 2.14 bits per heavy atom. The zero-order chi connectivity index (χ0) is 46.6. The second kappa shape index (κ2) is 9.68. The third kappa shape index (κ3) is 2.91. The molecule has 0 aromatic rings. The van der Waals surface area contributed by atoms with Crippen molar-refractivity contribution in [3.8, 4) is 0 Å². The molecule has 66 heavy (non-hydrogen) atoms. The quantitative estimate of drug-likeness (QED) is 0.101. The molecule has 0 saturated carbocycles. The van der Waals surface area contributed by atoms with Crippen LogP contribution < -0.4 is 0 Å². The van der Waals surface area contributed by atoms with Gasteiger partial charge >= 0.3 is 11.9 Å². The molecule has 0 amide bonds. The van der Waals surface area contributed by atoms with Gasteiger partial charge in [0, 0.05) is 79.1 Å². The van der Waals surface area contributed by atoms with E-state index in [1.165, 1.54) is 6.92 Å². The van der Waals surface area contributed by atoms with Crippen LogP contribution in [-0.4, -0.2) is 158 Å². The average Bonchev–Trinajstić information content (AvgIpc) is 3.89. The number of allylic oxidation sites excluding steroid dienone is 4. The highest BCUT2D eigenvalue weighted by Crippen LogP contribution is 2.83. The van der Waals surface area contributed by atoms with Gasteiger partial charge in [-0.25, -0.2) is 9.59 Å². The summed E-state index contributed by atoms with van der Waals surface area (Å²) in [4.78, 5) is 41.4. The largest absolute Gasteiger partial charge is 0.508 e. The van der Waals surface area contributed by atoms with Crippen LogP contribution in [0.25, 0.3) is 0 Å². The minimum atomic E-state index is -3.28. The molecule has 0 radical (unpaired) electrons. The van der Waals surface area contributed by atoms with Crippen LogP contribution in [0.5, 0.6) is 0 Å². The Balaban J connectivity index is 1.25. The van der Waals surface area contributed by atoms with E-state index in [9.17, 15) is 91.0 Å². The lowest BCUT2D eigenvalue weighted by molar-refractivity contribution is -0.149. The number of Topliss-reactive ketones (excluding diaryl/α,β-unsaturated/α-hetero) is 1. The van der Waals surface area contributed by atoms with Gasteiger partial charge in [0.05, 0.1) is 29.3 Å². The molecule has 19 heteroatoms. The first-order valence-corrected chi connectivity index (χ1v) is 21.0. The van der Waals surface area contributed by atoms with Crippen molar-refractivity contribution >= 4 is 17.7 Å². The summed E-state index contributed by atoms with van der Waals surface area (Å²) in [6, 6.07) is 0. The highest BCUT2D eigenvalue weighted by Gasteiger charge is 2.92. The number of carboxylic acid groups (broad SMARTS) is 2. The standard InChI is InChI=1S/C47H32O19/c1-40-8-14-32(52)13-5-9-4-11(38(56)57)31(51)24-25(9)46(64)36-20-12(47(65)41(66-47)3-2-15(48)26(24)45(36,41)63)6-10-18-21(20)35(44(13,46)62)42(14,60)29-22(18)28-23(19(10)39(58)59)33(53)34(54)37(55)43(28,61)27(30(29)40)16(49)7-17(40)50/h2-3,5-8,15,17-18,26,33-34,48-54,60-65H,4H2,1H3,(H,56,57)(H,58,59). The molecule has 0 aromatic carbocycles. The highest BCUT2D eigenvalue weighted by atomic mass is 16.8. The summed E-state index contributed by atoms with van der Waals surface area (Å²) in [5.74, 6) is -14.4. The van der Waals surface area contributed by atoms with Gasteiger partial charge in [0.1, 0.15) is 40.7 Å². The summed E-state index contributed by atoms with van der Waals surface area (Å²) in [5, 5.41) is 188. The van der Waals surface area contributed by atoms with Crippen LogP contribution in [-0.2, 0) is 19.1 Å². The van der Waals surface area contributed by atoms with Gasteiger partial charge in [0.25, 0.3) is 0 Å². The second-order valence-corrected chi connectivity index (χ2v) is 20.0. The number of carbonyl (C=O) groups is 3. The molecule has 0 bridgehead atoms. The van der Waals surface area contributed by atoms with Gasteiger partial charge in [0.15, 0.2) is 22.4 Å². The van der Waals surface area contributed by atoms with E-state index in [4.69, 9.17) is 4.74 Å². The first-order valence-electron chi connectivity index (χ1n) is 21.0. The maximum atomic E-state index is 14.6. The van der Waals surface area contributed by atoms with E-state index in [1.807, 2.05) is 0 Å². The highest BCUT2D eigenvalue weighted by molar-refractivity contribution is 6.10. The van der Waals surface area contributed by atoms with Crippen LogP contribution in [0.2, 0.25) is 0 Å². The third-order valence-corrected chi connectivity index (χ3v) is 17.9. The molecular formula is C47H32O19. The summed E-state index contributed by atoms with van der Waals surface area (Å²) in [5.41, 5.74) is -30.3. The zero-order valence-corrected chi connectivity index (χ0v) is 33.5. The van der Waals surface area contributed by atoms with Crippen LogP contribution in [0.15, 0.2) is 160 Å². The van der Waals surface area contributed by atoms with E-state index in [1.54, 1.807) is 0 Å². The van der Waals surface area contributed by atoms with Crippen LogP contribution in [0.4, 0.5) is 0 Å². The molecule has 15 N–H and O–H groups in total. The van der Waals surface area contributed by atoms with E-state index < -0.39 is 195 Å². The Hall–Kier alpha value is -6.07. The number of hydrogen-bond acceptors (Lipinski definition) is 17. The van der Waals surface area contributed by atoms with Crippen molar-refractivity contribution in [2.45, 2.75) is 77.2 Å². The molecular weight excluding hydrogens is 868 g/mol. The maximum Gasteiger partial charge on any atom is 0.336 e. The lowest BCUT2D eigenvalue weighted by Crippen LogP contribution is -2.79. The first kappa shape index (κ1) is 38.1. The molecule has 1 heterocycles. The molecule has 14 atom stereocenters. The minimum absolute atomic E-state index is 0.141. The summed E-state index contributed by atoms with van der Waals surface area (Å²) < 4.78 is 6.18. The van der Waals surface area contributed by atoms with Gasteiger partial charge < -0.3 is 81.3 Å². The predicted octanol–water partition coefficient (Wildman–Crippen LogP) is -2.42. The Morgan fingerprint density at radius 2 is 1.45 bits per heavy atom. The number of carboxylic acids is 2. The Bertz CT molecular complexity index is 3410. The Kier molecular flexibility index (Phi) is 5.59. The average molecular weight is 901 g/mol. The Labute approximate surface area is 366 Å². The molecule has 14 aliphatic carbocycles.